The summed E-state index contributed by atoms with van der Waals surface area (Å²) < 4.78 is 18.0. The lowest BCUT2D eigenvalue weighted by molar-refractivity contribution is 0.0615. The number of likely N-dealkylation sites (N-methyl/N-ethyl adjacent to an activating group) is 2. The maximum absolute atomic E-state index is 12.7. The van der Waals surface area contributed by atoms with Crippen molar-refractivity contribution in [3.05, 3.63) is 60.3 Å². The normalized spacial score (nSPS) is 10.6. The molecule has 0 aliphatic rings. The Kier molecular flexibility index (Phi) is 30.6. The number of halogens is 1. The van der Waals surface area contributed by atoms with Crippen LogP contribution in [0.2, 0.25) is 0 Å². The molecule has 2 unspecified atom stereocenters. The average molecular weight is 400 g/mol. The molecule has 0 amide bonds. The zero-order valence-corrected chi connectivity index (χ0v) is 20.0. The molecule has 0 saturated heterocycles. The van der Waals surface area contributed by atoms with Gasteiger partial charge in [-0.1, -0.05) is 70.7 Å². The van der Waals surface area contributed by atoms with E-state index in [2.05, 4.69) is 24.2 Å². The first-order valence-corrected chi connectivity index (χ1v) is 9.80. The van der Waals surface area contributed by atoms with Gasteiger partial charge in [0.2, 0.25) is 0 Å². The van der Waals surface area contributed by atoms with Crippen LogP contribution in [0.3, 0.4) is 0 Å². The smallest absolute Gasteiger partial charge is 0.108 e. The van der Waals surface area contributed by atoms with Crippen molar-refractivity contribution in [3.63, 3.8) is 0 Å². The summed E-state index contributed by atoms with van der Waals surface area (Å²) in [4.78, 5) is 1.91. The molecule has 0 fully saturated rings. The fraction of sp³-hybridized carbons (Fsp3) is 0.565. The van der Waals surface area contributed by atoms with Crippen LogP contribution in [0.15, 0.2) is 49.2 Å². The molecule has 2 atom stereocenters. The lowest BCUT2D eigenvalue weighted by Crippen LogP contribution is -2.35. The maximum Gasteiger partial charge on any atom is 0.108 e. The van der Waals surface area contributed by atoms with E-state index in [1.165, 1.54) is 12.6 Å². The predicted octanol–water partition coefficient (Wildman–Crippen LogP) is 5.12. The molecule has 1 rings (SSSR count). The molecule has 0 aromatic heterocycles. The Morgan fingerprint density at radius 2 is 1.61 bits per heavy atom. The van der Waals surface area contributed by atoms with E-state index in [1.807, 2.05) is 77.9 Å². The molecular weight excluding hydrogens is 353 g/mol. The lowest BCUT2D eigenvalue weighted by Gasteiger charge is -2.23. The summed E-state index contributed by atoms with van der Waals surface area (Å²) in [6, 6.07) is 7.67. The predicted molar refractivity (Wildman–Crippen MR) is 126 cm³/mol. The van der Waals surface area contributed by atoms with Crippen LogP contribution >= 0.6 is 0 Å². The fourth-order valence-corrected chi connectivity index (χ4v) is 1.78. The molecule has 166 valence electrons. The number of nitrogens with two attached hydrogens (primary N) is 1. The SMILES string of the molecule is C=CC(=C)N(C)C.CC.CC.CN.CNC(CF)C(OC)c1ccc(C)cc1. The first-order chi connectivity index (χ1) is 13.4. The third-order valence-corrected chi connectivity index (χ3v) is 3.37. The summed E-state index contributed by atoms with van der Waals surface area (Å²) in [6.45, 7) is 16.8. The van der Waals surface area contributed by atoms with E-state index >= 15 is 0 Å². The fourth-order valence-electron chi connectivity index (χ4n) is 1.78. The minimum Gasteiger partial charge on any atom is -0.378 e. The van der Waals surface area contributed by atoms with Gasteiger partial charge in [-0.25, -0.2) is 4.39 Å². The minimum atomic E-state index is -0.442. The molecule has 0 bridgehead atoms. The number of nitrogens with one attached hydrogen (secondary N) is 1. The molecule has 1 aromatic carbocycles. The Hall–Kier alpha value is -1.69. The van der Waals surface area contributed by atoms with Crippen LogP contribution in [0.1, 0.15) is 44.9 Å². The number of aryl methyl sites for hydroxylation is 1. The van der Waals surface area contributed by atoms with Gasteiger partial charge in [0.15, 0.2) is 0 Å². The van der Waals surface area contributed by atoms with E-state index in [4.69, 9.17) is 4.74 Å². The molecule has 0 aliphatic heterocycles. The summed E-state index contributed by atoms with van der Waals surface area (Å²) in [5.74, 6) is 0. The van der Waals surface area contributed by atoms with Gasteiger partial charge < -0.3 is 20.7 Å². The highest BCUT2D eigenvalue weighted by molar-refractivity contribution is 5.24. The Balaban J connectivity index is -0.000000187. The number of ether oxygens (including phenoxy) is 1. The molecule has 4 nitrogen and oxygen atoms in total. The van der Waals surface area contributed by atoms with Crippen molar-refractivity contribution in [1.82, 2.24) is 10.2 Å². The van der Waals surface area contributed by atoms with Gasteiger partial charge >= 0.3 is 0 Å². The lowest BCUT2D eigenvalue weighted by atomic mass is 10.0. The second kappa shape index (κ2) is 25.3. The zero-order valence-electron chi connectivity index (χ0n) is 20.0. The van der Waals surface area contributed by atoms with Gasteiger partial charge in [0.1, 0.15) is 6.67 Å². The number of hydrogen-bond donors (Lipinski definition) is 2. The minimum absolute atomic E-state index is 0.236. The summed E-state index contributed by atoms with van der Waals surface area (Å²) in [5.41, 5.74) is 7.63. The molecule has 0 heterocycles. The highest BCUT2D eigenvalue weighted by Crippen LogP contribution is 2.21. The van der Waals surface area contributed by atoms with E-state index in [1.54, 1.807) is 20.2 Å². The van der Waals surface area contributed by atoms with Crippen molar-refractivity contribution in [3.8, 4) is 0 Å². The van der Waals surface area contributed by atoms with E-state index in [0.29, 0.717) is 0 Å². The van der Waals surface area contributed by atoms with Crippen LogP contribution in [0.25, 0.3) is 0 Å². The maximum atomic E-state index is 12.7. The third kappa shape index (κ3) is 16.5. The second-order valence-electron chi connectivity index (χ2n) is 5.21. The Morgan fingerprint density at radius 3 is 1.82 bits per heavy atom. The zero-order chi connectivity index (χ0) is 23.1. The summed E-state index contributed by atoms with van der Waals surface area (Å²) in [5, 5.41) is 2.92. The first kappa shape index (κ1) is 33.9. The monoisotopic (exact) mass is 399 g/mol. The number of methoxy groups -OCH3 is 1. The van der Waals surface area contributed by atoms with Crippen molar-refractivity contribution in [2.24, 2.45) is 5.73 Å². The van der Waals surface area contributed by atoms with Gasteiger partial charge in [0.25, 0.3) is 0 Å². The van der Waals surface area contributed by atoms with Gasteiger partial charge in [0.05, 0.1) is 12.1 Å². The average Bonchev–Trinajstić information content (AvgIpc) is 2.76. The van der Waals surface area contributed by atoms with Crippen molar-refractivity contribution >= 4 is 0 Å². The van der Waals surface area contributed by atoms with Gasteiger partial charge in [-0.15, -0.1) is 0 Å². The number of rotatable bonds is 7. The Bertz CT molecular complexity index is 444. The first-order valence-electron chi connectivity index (χ1n) is 9.80. The van der Waals surface area contributed by atoms with Gasteiger partial charge in [-0.3, -0.25) is 0 Å². The van der Waals surface area contributed by atoms with Crippen molar-refractivity contribution in [1.29, 1.82) is 0 Å². The van der Waals surface area contributed by atoms with E-state index in [9.17, 15) is 4.39 Å². The highest BCUT2D eigenvalue weighted by atomic mass is 19.1. The van der Waals surface area contributed by atoms with Crippen molar-refractivity contribution < 1.29 is 9.13 Å². The quantitative estimate of drug-likeness (QED) is 0.625. The molecule has 3 N–H and O–H groups in total. The number of nitrogens with zero attached hydrogens (tertiary/aromatic N) is 1. The molecule has 5 heteroatoms. The van der Waals surface area contributed by atoms with Crippen molar-refractivity contribution in [2.45, 2.75) is 46.8 Å². The van der Waals surface area contributed by atoms with Crippen LogP contribution < -0.4 is 11.1 Å². The molecule has 0 aliphatic carbocycles. The number of allylic oxidation sites excluding steroid dienone is 1. The van der Waals surface area contributed by atoms with Gasteiger partial charge in [-0.05, 0) is 32.7 Å². The molecule has 0 spiro atoms. The molecular formula is C23H46FN3O. The number of benzene rings is 1. The summed E-state index contributed by atoms with van der Waals surface area (Å²) in [6.07, 6.45) is 1.49. The topological polar surface area (TPSA) is 50.5 Å². The standard InChI is InChI=1S/C12H18FNO.C6H11N.2C2H6.CH5N/c1-9-4-6-10(7-5-9)12(15-3)11(8-13)14-2;1-5-6(2)7(3)4;3*1-2/h4-7,11-12,14H,8H2,1-3H3;5H,1-2H2,3-4H3;2*1-2H3;2H2,1H3. The van der Waals surface area contributed by atoms with E-state index in [-0.39, 0.29) is 12.1 Å². The molecule has 0 radical (unpaired) electrons. The summed E-state index contributed by atoms with van der Waals surface area (Å²) in [7, 11) is 8.71. The van der Waals surface area contributed by atoms with E-state index < -0.39 is 6.67 Å². The van der Waals surface area contributed by atoms with Gasteiger partial charge in [0, 0.05) is 26.9 Å². The Morgan fingerprint density at radius 1 is 1.18 bits per heavy atom. The number of alkyl halides is 1. The van der Waals surface area contributed by atoms with Crippen LogP contribution in [0, 0.1) is 6.92 Å². The second-order valence-corrected chi connectivity index (χ2v) is 5.21. The van der Waals surface area contributed by atoms with Crippen LogP contribution in [-0.4, -0.2) is 52.9 Å². The third-order valence-electron chi connectivity index (χ3n) is 3.37. The Labute approximate surface area is 174 Å². The molecule has 28 heavy (non-hydrogen) atoms. The van der Waals surface area contributed by atoms with Crippen LogP contribution in [0.4, 0.5) is 4.39 Å². The number of hydrogen-bond acceptors (Lipinski definition) is 4. The molecule has 0 saturated carbocycles. The largest absolute Gasteiger partial charge is 0.378 e. The van der Waals surface area contributed by atoms with Gasteiger partial charge in [-0.2, -0.15) is 0 Å². The van der Waals surface area contributed by atoms with Crippen LogP contribution in [-0.2, 0) is 4.74 Å². The van der Waals surface area contributed by atoms with Crippen molar-refractivity contribution in [2.75, 3.05) is 42.0 Å². The highest BCUT2D eigenvalue weighted by Gasteiger charge is 2.21. The molecule has 1 aromatic rings. The summed E-state index contributed by atoms with van der Waals surface area (Å²) >= 11 is 0. The van der Waals surface area contributed by atoms with Crippen LogP contribution in [0.5, 0.6) is 0 Å². The van der Waals surface area contributed by atoms with E-state index in [0.717, 1.165) is 11.3 Å².